The molecule has 0 aromatic carbocycles. The summed E-state index contributed by atoms with van der Waals surface area (Å²) in [5.74, 6) is 0.541. The standard InChI is InChI=1S/C12H26O3/c1-6-7-10(2)8-12(3,13)9-11(14-4)15-5/h10-11,13H,6-9H2,1-5H3. The summed E-state index contributed by atoms with van der Waals surface area (Å²) in [6, 6.07) is 0. The first-order chi connectivity index (χ1) is 6.95. The molecule has 2 unspecified atom stereocenters. The molecule has 15 heavy (non-hydrogen) atoms. The summed E-state index contributed by atoms with van der Waals surface area (Å²) in [5.41, 5.74) is -0.703. The SMILES string of the molecule is CCCC(C)CC(C)(O)CC(OC)OC. The molecule has 92 valence electrons. The zero-order chi connectivity index (χ0) is 11.9. The van der Waals surface area contributed by atoms with Crippen molar-refractivity contribution in [2.75, 3.05) is 14.2 Å². The molecule has 0 rings (SSSR count). The number of methoxy groups -OCH3 is 2. The highest BCUT2D eigenvalue weighted by Crippen LogP contribution is 2.25. The van der Waals surface area contributed by atoms with E-state index in [9.17, 15) is 5.11 Å². The van der Waals surface area contributed by atoms with Crippen LogP contribution in [-0.2, 0) is 9.47 Å². The van der Waals surface area contributed by atoms with Crippen LogP contribution in [0.15, 0.2) is 0 Å². The van der Waals surface area contributed by atoms with Gasteiger partial charge in [-0.25, -0.2) is 0 Å². The summed E-state index contributed by atoms with van der Waals surface area (Å²) in [6.07, 6.45) is 3.32. The highest BCUT2D eigenvalue weighted by Gasteiger charge is 2.27. The molecule has 0 aliphatic carbocycles. The molecule has 0 amide bonds. The largest absolute Gasteiger partial charge is 0.390 e. The number of hydrogen-bond acceptors (Lipinski definition) is 3. The summed E-state index contributed by atoms with van der Waals surface area (Å²) in [4.78, 5) is 0. The topological polar surface area (TPSA) is 38.7 Å². The molecular formula is C12H26O3. The van der Waals surface area contributed by atoms with Crippen molar-refractivity contribution in [1.82, 2.24) is 0 Å². The van der Waals surface area contributed by atoms with E-state index in [4.69, 9.17) is 9.47 Å². The van der Waals surface area contributed by atoms with E-state index in [1.54, 1.807) is 14.2 Å². The van der Waals surface area contributed by atoms with Crippen molar-refractivity contribution in [3.63, 3.8) is 0 Å². The maximum absolute atomic E-state index is 10.2. The van der Waals surface area contributed by atoms with Gasteiger partial charge in [0.05, 0.1) is 5.60 Å². The number of rotatable bonds is 8. The minimum absolute atomic E-state index is 0.311. The third-order valence-corrected chi connectivity index (χ3v) is 2.70. The van der Waals surface area contributed by atoms with Gasteiger partial charge in [-0.05, 0) is 19.3 Å². The third kappa shape index (κ3) is 6.88. The minimum atomic E-state index is -0.703. The van der Waals surface area contributed by atoms with Crippen molar-refractivity contribution in [3.05, 3.63) is 0 Å². The molecule has 1 N–H and O–H groups in total. The first-order valence-electron chi connectivity index (χ1n) is 5.73. The zero-order valence-electron chi connectivity index (χ0n) is 10.7. The molecule has 0 aromatic heterocycles. The van der Waals surface area contributed by atoms with E-state index in [2.05, 4.69) is 13.8 Å². The van der Waals surface area contributed by atoms with Gasteiger partial charge in [0.2, 0.25) is 0 Å². The van der Waals surface area contributed by atoms with Gasteiger partial charge in [-0.3, -0.25) is 0 Å². The molecule has 3 nitrogen and oxygen atoms in total. The van der Waals surface area contributed by atoms with Crippen LogP contribution in [0.25, 0.3) is 0 Å². The fraction of sp³-hybridized carbons (Fsp3) is 1.00. The zero-order valence-corrected chi connectivity index (χ0v) is 10.7. The van der Waals surface area contributed by atoms with Gasteiger partial charge in [0.1, 0.15) is 0 Å². The lowest BCUT2D eigenvalue weighted by Gasteiger charge is -2.29. The molecule has 0 radical (unpaired) electrons. The molecule has 0 bridgehead atoms. The fourth-order valence-corrected chi connectivity index (χ4v) is 2.05. The van der Waals surface area contributed by atoms with Gasteiger partial charge in [0.15, 0.2) is 6.29 Å². The van der Waals surface area contributed by atoms with Crippen molar-refractivity contribution >= 4 is 0 Å². The quantitative estimate of drug-likeness (QED) is 0.636. The molecule has 2 atom stereocenters. The molecule has 0 aliphatic heterocycles. The predicted octanol–water partition coefficient (Wildman–Crippen LogP) is 2.57. The normalized spacial score (nSPS) is 17.8. The second kappa shape index (κ2) is 7.20. The maximum Gasteiger partial charge on any atom is 0.159 e. The van der Waals surface area contributed by atoms with Crippen LogP contribution in [0.4, 0.5) is 0 Å². The molecule has 0 aromatic rings. The minimum Gasteiger partial charge on any atom is -0.390 e. The molecular weight excluding hydrogens is 192 g/mol. The lowest BCUT2D eigenvalue weighted by atomic mass is 9.88. The number of ether oxygens (including phenoxy) is 2. The van der Waals surface area contributed by atoms with E-state index in [1.165, 1.54) is 0 Å². The van der Waals surface area contributed by atoms with Crippen LogP contribution in [0.2, 0.25) is 0 Å². The van der Waals surface area contributed by atoms with E-state index in [1.807, 2.05) is 6.92 Å². The molecule has 0 spiro atoms. The Morgan fingerprint density at radius 1 is 1.20 bits per heavy atom. The Bertz CT molecular complexity index is 153. The Morgan fingerprint density at radius 3 is 2.13 bits per heavy atom. The monoisotopic (exact) mass is 218 g/mol. The third-order valence-electron chi connectivity index (χ3n) is 2.70. The van der Waals surface area contributed by atoms with Crippen molar-refractivity contribution in [2.24, 2.45) is 5.92 Å². The average Bonchev–Trinajstić information content (AvgIpc) is 2.13. The van der Waals surface area contributed by atoms with Crippen LogP contribution in [0, 0.1) is 5.92 Å². The number of aliphatic hydroxyl groups is 1. The van der Waals surface area contributed by atoms with Gasteiger partial charge in [0, 0.05) is 20.6 Å². The van der Waals surface area contributed by atoms with E-state index in [0.717, 1.165) is 19.3 Å². The second-order valence-corrected chi connectivity index (χ2v) is 4.70. The van der Waals surface area contributed by atoms with Crippen LogP contribution in [0.3, 0.4) is 0 Å². The van der Waals surface area contributed by atoms with Crippen molar-refractivity contribution in [3.8, 4) is 0 Å². The van der Waals surface area contributed by atoms with Gasteiger partial charge in [-0.15, -0.1) is 0 Å². The second-order valence-electron chi connectivity index (χ2n) is 4.70. The molecule has 0 aliphatic rings. The molecule has 0 fully saturated rings. The Kier molecular flexibility index (Phi) is 7.14. The first-order valence-corrected chi connectivity index (χ1v) is 5.73. The summed E-state index contributed by atoms with van der Waals surface area (Å²) in [7, 11) is 3.19. The van der Waals surface area contributed by atoms with Gasteiger partial charge < -0.3 is 14.6 Å². The highest BCUT2D eigenvalue weighted by atomic mass is 16.7. The van der Waals surface area contributed by atoms with Crippen LogP contribution in [0.1, 0.15) is 46.5 Å². The van der Waals surface area contributed by atoms with Crippen LogP contribution < -0.4 is 0 Å². The lowest BCUT2D eigenvalue weighted by molar-refractivity contribution is -0.143. The van der Waals surface area contributed by atoms with E-state index in [-0.39, 0.29) is 6.29 Å². The Labute approximate surface area is 93.8 Å². The Morgan fingerprint density at radius 2 is 1.73 bits per heavy atom. The summed E-state index contributed by atoms with van der Waals surface area (Å²) in [5, 5.41) is 10.2. The molecule has 0 heterocycles. The first kappa shape index (κ1) is 14.9. The predicted molar refractivity (Wildman–Crippen MR) is 61.7 cm³/mol. The fourth-order valence-electron chi connectivity index (χ4n) is 2.05. The van der Waals surface area contributed by atoms with Gasteiger partial charge >= 0.3 is 0 Å². The Balaban J connectivity index is 4.04. The van der Waals surface area contributed by atoms with Gasteiger partial charge in [-0.2, -0.15) is 0 Å². The van der Waals surface area contributed by atoms with E-state index >= 15 is 0 Å². The molecule has 3 heteroatoms. The summed E-state index contributed by atoms with van der Waals surface area (Å²) in [6.45, 7) is 6.19. The van der Waals surface area contributed by atoms with Crippen LogP contribution in [0.5, 0.6) is 0 Å². The van der Waals surface area contributed by atoms with Crippen molar-refractivity contribution < 1.29 is 14.6 Å². The smallest absolute Gasteiger partial charge is 0.159 e. The average molecular weight is 218 g/mol. The maximum atomic E-state index is 10.2. The van der Waals surface area contributed by atoms with Crippen molar-refractivity contribution in [1.29, 1.82) is 0 Å². The van der Waals surface area contributed by atoms with Gasteiger partial charge in [0.25, 0.3) is 0 Å². The lowest BCUT2D eigenvalue weighted by Crippen LogP contribution is -2.33. The van der Waals surface area contributed by atoms with E-state index < -0.39 is 5.60 Å². The van der Waals surface area contributed by atoms with Crippen molar-refractivity contribution in [2.45, 2.75) is 58.3 Å². The summed E-state index contributed by atoms with van der Waals surface area (Å²) < 4.78 is 10.2. The van der Waals surface area contributed by atoms with Crippen LogP contribution in [-0.4, -0.2) is 31.2 Å². The molecule has 0 saturated heterocycles. The van der Waals surface area contributed by atoms with Gasteiger partial charge in [-0.1, -0.05) is 26.7 Å². The molecule has 0 saturated carbocycles. The summed E-state index contributed by atoms with van der Waals surface area (Å²) >= 11 is 0. The Hall–Kier alpha value is -0.120. The van der Waals surface area contributed by atoms with E-state index in [0.29, 0.717) is 12.3 Å². The number of hydrogen-bond donors (Lipinski definition) is 1. The van der Waals surface area contributed by atoms with Crippen LogP contribution >= 0.6 is 0 Å². The highest BCUT2D eigenvalue weighted by molar-refractivity contribution is 4.76.